The number of carbonyl (C=O) groups excluding carboxylic acids is 4. The first kappa shape index (κ1) is 26.3. The minimum atomic E-state index is -1.04. The number of para-hydroxylation sites is 2. The number of H-pyrrole nitrogens is 1. The van der Waals surface area contributed by atoms with E-state index in [0.29, 0.717) is 11.9 Å². The Labute approximate surface area is 209 Å². The Kier molecular flexibility index (Phi) is 9.10. The van der Waals surface area contributed by atoms with Crippen molar-refractivity contribution in [3.05, 3.63) is 66.4 Å². The quantitative estimate of drug-likeness (QED) is 0.249. The second-order valence-electron chi connectivity index (χ2n) is 8.85. The van der Waals surface area contributed by atoms with Gasteiger partial charge in [0.25, 0.3) is 0 Å². The molecular formula is C27H31N5O4. The molecule has 0 aliphatic heterocycles. The fraction of sp³-hybridized carbons (Fsp3) is 0.296. The maximum absolute atomic E-state index is 13.4. The molecule has 3 rings (SSSR count). The lowest BCUT2D eigenvalue weighted by atomic mass is 10.0. The fourth-order valence-corrected chi connectivity index (χ4v) is 3.72. The second-order valence-corrected chi connectivity index (χ2v) is 8.85. The predicted molar refractivity (Wildman–Crippen MR) is 139 cm³/mol. The van der Waals surface area contributed by atoms with Crippen LogP contribution in [0, 0.1) is 11.3 Å². The van der Waals surface area contributed by atoms with Crippen LogP contribution in [-0.4, -0.2) is 46.8 Å². The highest BCUT2D eigenvalue weighted by Crippen LogP contribution is 2.19. The van der Waals surface area contributed by atoms with E-state index in [0.717, 1.165) is 16.5 Å². The average Bonchev–Trinajstić information content (AvgIpc) is 3.28. The van der Waals surface area contributed by atoms with Crippen LogP contribution in [0.2, 0.25) is 0 Å². The largest absolute Gasteiger partial charge is 0.361 e. The van der Waals surface area contributed by atoms with Gasteiger partial charge in [0, 0.05) is 41.5 Å². The second kappa shape index (κ2) is 12.4. The van der Waals surface area contributed by atoms with Gasteiger partial charge in [0.05, 0.1) is 6.21 Å². The molecule has 3 amide bonds. The van der Waals surface area contributed by atoms with Crippen LogP contribution in [0.15, 0.2) is 60.8 Å². The topological polar surface area (TPSA) is 144 Å². The number of fused-ring (bicyclic) bond motifs is 1. The molecule has 3 aromatic rings. The van der Waals surface area contributed by atoms with E-state index in [2.05, 4.69) is 20.9 Å². The fourth-order valence-electron chi connectivity index (χ4n) is 3.72. The first-order valence-corrected chi connectivity index (χ1v) is 11.8. The summed E-state index contributed by atoms with van der Waals surface area (Å²) in [5.41, 5.74) is 2.30. The van der Waals surface area contributed by atoms with Gasteiger partial charge in [-0.05, 0) is 30.2 Å². The van der Waals surface area contributed by atoms with E-state index in [4.69, 9.17) is 5.41 Å². The highest BCUT2D eigenvalue weighted by atomic mass is 16.2. The van der Waals surface area contributed by atoms with Crippen molar-refractivity contribution in [2.75, 3.05) is 5.32 Å². The van der Waals surface area contributed by atoms with Gasteiger partial charge in [-0.3, -0.25) is 19.2 Å². The molecule has 2 aromatic carbocycles. The molecule has 1 aromatic heterocycles. The molecule has 0 saturated heterocycles. The molecule has 1 heterocycles. The summed E-state index contributed by atoms with van der Waals surface area (Å²) in [4.78, 5) is 53.8. The Bertz CT molecular complexity index is 1240. The lowest BCUT2D eigenvalue weighted by Crippen LogP contribution is -2.54. The molecule has 0 aliphatic rings. The Morgan fingerprint density at radius 2 is 1.56 bits per heavy atom. The number of Topliss-reactive ketones (excluding diaryl/α,β-unsaturated/α-hetero) is 1. The molecule has 188 valence electrons. The summed E-state index contributed by atoms with van der Waals surface area (Å²) in [6.07, 6.45) is 2.63. The number of amides is 3. The van der Waals surface area contributed by atoms with Crippen molar-refractivity contribution in [1.82, 2.24) is 15.6 Å². The first-order valence-electron chi connectivity index (χ1n) is 11.8. The molecule has 0 unspecified atom stereocenters. The first-order chi connectivity index (χ1) is 17.3. The van der Waals surface area contributed by atoms with Crippen LogP contribution in [-0.2, 0) is 25.6 Å². The number of anilines is 1. The molecule has 0 radical (unpaired) electrons. The van der Waals surface area contributed by atoms with Crippen molar-refractivity contribution < 1.29 is 19.2 Å². The molecule has 0 saturated carbocycles. The third-order valence-electron chi connectivity index (χ3n) is 5.77. The lowest BCUT2D eigenvalue weighted by Gasteiger charge is -2.23. The highest BCUT2D eigenvalue weighted by Gasteiger charge is 2.28. The van der Waals surface area contributed by atoms with Crippen LogP contribution < -0.4 is 16.0 Å². The Hall–Kier alpha value is -4.27. The number of ketones is 1. The van der Waals surface area contributed by atoms with Crippen LogP contribution in [0.1, 0.15) is 32.3 Å². The number of aromatic amines is 1. The number of benzene rings is 2. The zero-order chi connectivity index (χ0) is 26.1. The summed E-state index contributed by atoms with van der Waals surface area (Å²) < 4.78 is 0. The Morgan fingerprint density at radius 1 is 0.889 bits per heavy atom. The van der Waals surface area contributed by atoms with E-state index in [1.807, 2.05) is 30.3 Å². The van der Waals surface area contributed by atoms with Crippen molar-refractivity contribution in [3.63, 3.8) is 0 Å². The normalized spacial score (nSPS) is 12.5. The molecule has 0 bridgehead atoms. The van der Waals surface area contributed by atoms with Gasteiger partial charge in [0.15, 0.2) is 5.78 Å². The van der Waals surface area contributed by atoms with Crippen molar-refractivity contribution in [2.45, 2.75) is 45.2 Å². The zero-order valence-electron chi connectivity index (χ0n) is 20.3. The van der Waals surface area contributed by atoms with Gasteiger partial charge < -0.3 is 26.3 Å². The van der Waals surface area contributed by atoms with Crippen molar-refractivity contribution in [3.8, 4) is 0 Å². The minimum absolute atomic E-state index is 0.0105. The number of rotatable bonds is 12. The summed E-state index contributed by atoms with van der Waals surface area (Å²) >= 11 is 0. The van der Waals surface area contributed by atoms with E-state index >= 15 is 0 Å². The van der Waals surface area contributed by atoms with Gasteiger partial charge in [-0.15, -0.1) is 0 Å². The number of hydrogen-bond acceptors (Lipinski definition) is 5. The smallest absolute Gasteiger partial charge is 0.246 e. The van der Waals surface area contributed by atoms with Crippen LogP contribution in [0.25, 0.3) is 10.9 Å². The van der Waals surface area contributed by atoms with Gasteiger partial charge in [0.1, 0.15) is 12.1 Å². The number of aromatic nitrogens is 1. The van der Waals surface area contributed by atoms with Crippen LogP contribution in [0.4, 0.5) is 5.69 Å². The van der Waals surface area contributed by atoms with Gasteiger partial charge in [-0.1, -0.05) is 50.2 Å². The number of nitrogens with one attached hydrogen (secondary N) is 5. The van der Waals surface area contributed by atoms with Crippen LogP contribution >= 0.6 is 0 Å². The molecule has 0 aliphatic carbocycles. The van der Waals surface area contributed by atoms with Gasteiger partial charge >= 0.3 is 0 Å². The van der Waals surface area contributed by atoms with E-state index in [1.54, 1.807) is 44.3 Å². The molecule has 9 nitrogen and oxygen atoms in total. The summed E-state index contributed by atoms with van der Waals surface area (Å²) in [5, 5.41) is 16.3. The molecule has 0 spiro atoms. The molecule has 9 heteroatoms. The molecule has 36 heavy (non-hydrogen) atoms. The monoisotopic (exact) mass is 489 g/mol. The predicted octanol–water partition coefficient (Wildman–Crippen LogP) is 2.97. The molecule has 5 N–H and O–H groups in total. The van der Waals surface area contributed by atoms with E-state index in [1.165, 1.54) is 0 Å². The van der Waals surface area contributed by atoms with Crippen molar-refractivity contribution in [1.29, 1.82) is 5.41 Å². The maximum atomic E-state index is 13.4. The summed E-state index contributed by atoms with van der Waals surface area (Å²) in [6.45, 7) is 3.46. The molecule has 2 atom stereocenters. The maximum Gasteiger partial charge on any atom is 0.246 e. The zero-order valence-corrected chi connectivity index (χ0v) is 20.3. The van der Waals surface area contributed by atoms with Gasteiger partial charge in [-0.2, -0.15) is 0 Å². The van der Waals surface area contributed by atoms with Gasteiger partial charge in [0.2, 0.25) is 17.7 Å². The van der Waals surface area contributed by atoms with Crippen molar-refractivity contribution in [2.24, 2.45) is 5.92 Å². The third kappa shape index (κ3) is 7.11. The molecule has 0 fully saturated rings. The van der Waals surface area contributed by atoms with Crippen LogP contribution in [0.3, 0.4) is 0 Å². The number of hydrogen-bond donors (Lipinski definition) is 5. The lowest BCUT2D eigenvalue weighted by molar-refractivity contribution is -0.132. The minimum Gasteiger partial charge on any atom is -0.361 e. The van der Waals surface area contributed by atoms with E-state index < -0.39 is 29.7 Å². The summed E-state index contributed by atoms with van der Waals surface area (Å²) in [5.74, 6) is -2.12. The van der Waals surface area contributed by atoms with Crippen molar-refractivity contribution >= 4 is 46.3 Å². The van der Waals surface area contributed by atoms with E-state index in [-0.39, 0.29) is 31.1 Å². The van der Waals surface area contributed by atoms with E-state index in [9.17, 15) is 19.2 Å². The Morgan fingerprint density at radius 3 is 2.25 bits per heavy atom. The summed E-state index contributed by atoms with van der Waals surface area (Å²) in [7, 11) is 0. The summed E-state index contributed by atoms with van der Waals surface area (Å²) in [6, 6.07) is 14.4. The SMILES string of the molecule is CC(C)C(=O)N[C@@H](Cc1c[nH]c2ccccc12)C(=O)N[C@@H](CCC(=O)C=N)C(=O)Nc1ccccc1. The molecular weight excluding hydrogens is 458 g/mol. The number of carbonyl (C=O) groups is 4. The van der Waals surface area contributed by atoms with Crippen LogP contribution in [0.5, 0.6) is 0 Å². The third-order valence-corrected chi connectivity index (χ3v) is 5.77. The Balaban J connectivity index is 1.82. The average molecular weight is 490 g/mol. The standard InChI is InChI=1S/C27H31N5O4/c1-17(2)25(34)32-24(14-18-16-29-22-11-7-6-10-21(18)22)27(36)31-23(13-12-20(33)15-28)26(35)30-19-8-4-3-5-9-19/h3-11,15-17,23-24,28-29H,12-14H2,1-2H3,(H,30,35)(H,31,36)(H,32,34)/t23-,24-/m0/s1. The highest BCUT2D eigenvalue weighted by molar-refractivity contribution is 6.26. The van der Waals surface area contributed by atoms with Gasteiger partial charge in [-0.25, -0.2) is 0 Å².